The van der Waals surface area contributed by atoms with Gasteiger partial charge in [0.15, 0.2) is 11.5 Å². The van der Waals surface area contributed by atoms with Gasteiger partial charge >= 0.3 is 6.09 Å². The molecule has 0 saturated carbocycles. The zero-order chi connectivity index (χ0) is 19.4. The van der Waals surface area contributed by atoms with E-state index in [9.17, 15) is 9.59 Å². The molecule has 1 saturated heterocycles. The lowest BCUT2D eigenvalue weighted by molar-refractivity contribution is -0.130. The zero-order valence-electron chi connectivity index (χ0n) is 16.2. The Bertz CT molecular complexity index is 685. The van der Waals surface area contributed by atoms with Crippen molar-refractivity contribution in [1.82, 2.24) is 10.2 Å². The summed E-state index contributed by atoms with van der Waals surface area (Å²) in [4.78, 5) is 26.7. The molecule has 27 heavy (non-hydrogen) atoms. The van der Waals surface area contributed by atoms with Crippen LogP contribution in [0.15, 0.2) is 24.3 Å². The smallest absolute Gasteiger partial charge is 0.410 e. The van der Waals surface area contributed by atoms with Gasteiger partial charge in [-0.3, -0.25) is 4.79 Å². The van der Waals surface area contributed by atoms with Crippen molar-refractivity contribution in [3.05, 3.63) is 24.3 Å². The van der Waals surface area contributed by atoms with E-state index in [0.717, 1.165) is 19.3 Å². The van der Waals surface area contributed by atoms with Crippen LogP contribution < -0.4 is 14.8 Å². The molecule has 0 radical (unpaired) electrons. The van der Waals surface area contributed by atoms with Gasteiger partial charge < -0.3 is 24.4 Å². The molecule has 7 nitrogen and oxygen atoms in total. The lowest BCUT2D eigenvalue weighted by Crippen LogP contribution is -2.53. The van der Waals surface area contributed by atoms with Crippen molar-refractivity contribution in [3.63, 3.8) is 0 Å². The zero-order valence-corrected chi connectivity index (χ0v) is 16.2. The number of hydrogen-bond donors (Lipinski definition) is 1. The molecule has 7 heteroatoms. The van der Waals surface area contributed by atoms with Gasteiger partial charge in [0.05, 0.1) is 6.04 Å². The highest BCUT2D eigenvalue weighted by Gasteiger charge is 2.32. The van der Waals surface area contributed by atoms with Crippen molar-refractivity contribution in [3.8, 4) is 11.5 Å². The number of amides is 2. The number of carbonyl (C=O) groups excluding carboxylic acids is 2. The first-order chi connectivity index (χ1) is 12.8. The first-order valence-electron chi connectivity index (χ1n) is 9.49. The third-order valence-corrected chi connectivity index (χ3v) is 4.57. The second kappa shape index (κ2) is 8.06. The number of likely N-dealkylation sites (tertiary alicyclic amines) is 1. The van der Waals surface area contributed by atoms with Gasteiger partial charge in [0.2, 0.25) is 6.10 Å². The summed E-state index contributed by atoms with van der Waals surface area (Å²) in [6.45, 7) is 6.74. The summed E-state index contributed by atoms with van der Waals surface area (Å²) in [5.41, 5.74) is -0.539. The maximum Gasteiger partial charge on any atom is 0.410 e. The number of nitrogens with zero attached hydrogens (tertiary/aromatic N) is 1. The molecule has 2 aliphatic heterocycles. The Morgan fingerprint density at radius 2 is 1.96 bits per heavy atom. The Balaban J connectivity index is 1.55. The molecule has 0 aliphatic carbocycles. The van der Waals surface area contributed by atoms with E-state index >= 15 is 0 Å². The molecule has 1 fully saturated rings. The van der Waals surface area contributed by atoms with Gasteiger partial charge in [-0.25, -0.2) is 4.79 Å². The summed E-state index contributed by atoms with van der Waals surface area (Å²) in [6.07, 6.45) is 1.78. The average molecular weight is 376 g/mol. The molecular weight excluding hydrogens is 348 g/mol. The topological polar surface area (TPSA) is 77.1 Å². The minimum atomic E-state index is -0.696. The molecule has 148 valence electrons. The lowest BCUT2D eigenvalue weighted by atomic mass is 10.0. The second-order valence-electron chi connectivity index (χ2n) is 7.93. The number of carbonyl (C=O) groups is 2. The minimum Gasteiger partial charge on any atom is -0.485 e. The molecule has 2 amide bonds. The summed E-state index contributed by atoms with van der Waals surface area (Å²) < 4.78 is 16.8. The van der Waals surface area contributed by atoms with Crippen LogP contribution in [0.3, 0.4) is 0 Å². The van der Waals surface area contributed by atoms with Crippen LogP contribution in [0.4, 0.5) is 4.79 Å². The van der Waals surface area contributed by atoms with E-state index in [0.29, 0.717) is 24.6 Å². The first-order valence-corrected chi connectivity index (χ1v) is 9.49. The average Bonchev–Trinajstić information content (AvgIpc) is 2.64. The highest BCUT2D eigenvalue weighted by atomic mass is 16.6. The molecule has 1 N–H and O–H groups in total. The fraction of sp³-hybridized carbons (Fsp3) is 0.600. The van der Waals surface area contributed by atoms with Crippen LogP contribution in [-0.2, 0) is 9.53 Å². The molecule has 0 aromatic heterocycles. The summed E-state index contributed by atoms with van der Waals surface area (Å²) in [5, 5.41) is 2.91. The number of piperidine rings is 1. The van der Waals surface area contributed by atoms with Gasteiger partial charge in [-0.05, 0) is 52.2 Å². The third kappa shape index (κ3) is 5.05. The number of nitrogens with one attached hydrogen (secondary N) is 1. The molecule has 0 spiro atoms. The first kappa shape index (κ1) is 19.3. The SMILES string of the molecule is CC(C)(C)OC(=O)N1CCCCC1CNC(=O)C1COc2ccccc2O1. The number of para-hydroxylation sites is 2. The van der Waals surface area contributed by atoms with Gasteiger partial charge in [0, 0.05) is 13.1 Å². The third-order valence-electron chi connectivity index (χ3n) is 4.57. The Morgan fingerprint density at radius 1 is 1.22 bits per heavy atom. The predicted octanol–water partition coefficient (Wildman–Crippen LogP) is 2.73. The van der Waals surface area contributed by atoms with Gasteiger partial charge in [-0.15, -0.1) is 0 Å². The Kier molecular flexibility index (Phi) is 5.77. The van der Waals surface area contributed by atoms with Gasteiger partial charge in [0.25, 0.3) is 5.91 Å². The Labute approximate surface area is 160 Å². The van der Waals surface area contributed by atoms with Crippen LogP contribution in [-0.4, -0.2) is 54.3 Å². The van der Waals surface area contributed by atoms with Crippen LogP contribution in [0, 0.1) is 0 Å². The van der Waals surface area contributed by atoms with E-state index < -0.39 is 11.7 Å². The maximum atomic E-state index is 12.5. The highest BCUT2D eigenvalue weighted by molar-refractivity contribution is 5.81. The predicted molar refractivity (Wildman–Crippen MR) is 99.9 cm³/mol. The van der Waals surface area contributed by atoms with Crippen LogP contribution in [0.2, 0.25) is 0 Å². The van der Waals surface area contributed by atoms with E-state index in [-0.39, 0.29) is 24.6 Å². The van der Waals surface area contributed by atoms with Crippen LogP contribution >= 0.6 is 0 Å². The monoisotopic (exact) mass is 376 g/mol. The number of fused-ring (bicyclic) bond motifs is 1. The normalized spacial score (nSPS) is 22.1. The van der Waals surface area contributed by atoms with Gasteiger partial charge in [-0.1, -0.05) is 12.1 Å². The number of benzene rings is 1. The molecule has 3 rings (SSSR count). The standard InChI is InChI=1S/C20H28N2O5/c1-20(2,3)27-19(24)22-11-7-6-8-14(22)12-21-18(23)17-13-25-15-9-4-5-10-16(15)26-17/h4-5,9-10,14,17H,6-8,11-13H2,1-3H3,(H,21,23). The summed E-state index contributed by atoms with van der Waals surface area (Å²) in [5.74, 6) is 0.973. The van der Waals surface area contributed by atoms with Crippen molar-refractivity contribution in [1.29, 1.82) is 0 Å². The summed E-state index contributed by atoms with van der Waals surface area (Å²) in [7, 11) is 0. The van der Waals surface area contributed by atoms with Crippen LogP contribution in [0.5, 0.6) is 11.5 Å². The molecule has 1 aromatic carbocycles. The van der Waals surface area contributed by atoms with E-state index in [1.807, 2.05) is 39.0 Å². The maximum absolute atomic E-state index is 12.5. The van der Waals surface area contributed by atoms with Crippen molar-refractivity contribution >= 4 is 12.0 Å². The largest absolute Gasteiger partial charge is 0.485 e. The number of ether oxygens (including phenoxy) is 3. The highest BCUT2D eigenvalue weighted by Crippen LogP contribution is 2.30. The van der Waals surface area contributed by atoms with Crippen LogP contribution in [0.25, 0.3) is 0 Å². The molecule has 2 atom stereocenters. The van der Waals surface area contributed by atoms with Crippen LogP contribution in [0.1, 0.15) is 40.0 Å². The summed E-state index contributed by atoms with van der Waals surface area (Å²) in [6, 6.07) is 7.21. The molecule has 0 bridgehead atoms. The fourth-order valence-electron chi connectivity index (χ4n) is 3.25. The van der Waals surface area contributed by atoms with Crippen molar-refractivity contribution in [2.75, 3.05) is 19.7 Å². The van der Waals surface area contributed by atoms with Crippen molar-refractivity contribution in [2.24, 2.45) is 0 Å². The van der Waals surface area contributed by atoms with E-state index in [1.165, 1.54) is 0 Å². The molecule has 2 aliphatic rings. The van der Waals surface area contributed by atoms with Crippen molar-refractivity contribution in [2.45, 2.75) is 57.8 Å². The molecule has 1 aromatic rings. The van der Waals surface area contributed by atoms with Gasteiger partial charge in [0.1, 0.15) is 12.2 Å². The van der Waals surface area contributed by atoms with E-state index in [2.05, 4.69) is 5.32 Å². The molecular formula is C20H28N2O5. The number of hydrogen-bond acceptors (Lipinski definition) is 5. The quantitative estimate of drug-likeness (QED) is 0.878. The van der Waals surface area contributed by atoms with Crippen molar-refractivity contribution < 1.29 is 23.8 Å². The van der Waals surface area contributed by atoms with E-state index in [1.54, 1.807) is 11.0 Å². The van der Waals surface area contributed by atoms with Gasteiger partial charge in [-0.2, -0.15) is 0 Å². The molecule has 2 heterocycles. The summed E-state index contributed by atoms with van der Waals surface area (Å²) >= 11 is 0. The second-order valence-corrected chi connectivity index (χ2v) is 7.93. The molecule has 2 unspecified atom stereocenters. The Morgan fingerprint density at radius 3 is 2.70 bits per heavy atom. The minimum absolute atomic E-state index is 0.0747. The lowest BCUT2D eigenvalue weighted by Gasteiger charge is -2.37. The van der Waals surface area contributed by atoms with E-state index in [4.69, 9.17) is 14.2 Å². The Hall–Kier alpha value is -2.44. The fourth-order valence-corrected chi connectivity index (χ4v) is 3.25. The number of rotatable bonds is 3.